The lowest BCUT2D eigenvalue weighted by molar-refractivity contribution is -0.147. The maximum Gasteiger partial charge on any atom is 0.326 e. The van der Waals surface area contributed by atoms with Crippen LogP contribution in [0, 0.1) is 46.8 Å². The van der Waals surface area contributed by atoms with E-state index in [4.69, 9.17) is 16.4 Å². The van der Waals surface area contributed by atoms with Gasteiger partial charge >= 0.3 is 11.9 Å². The van der Waals surface area contributed by atoms with Crippen LogP contribution in [0.5, 0.6) is 0 Å². The van der Waals surface area contributed by atoms with Crippen LogP contribution in [0.1, 0.15) is 85.5 Å². The minimum atomic E-state index is -1.62. The number of fused-ring (bicyclic) bond motifs is 5. The lowest BCUT2D eigenvalue weighted by atomic mass is 9.46. The molecule has 4 rings (SSSR count). The molecule has 0 bridgehead atoms. The SMILES string of the molecule is C#C[C@@]1(O)CC[C@@H]2[C@@H]3CCC4=C/C(=N/OCC(=O)N[C@@H](C(=O)N[C@@H](CC(=O)O)C(=O)O)C(C)C)CC[C@]4(C)[C@@H]3CC[C@@]21C. The standard InChI is InChI=1S/C32H45N3O8/c1-6-32(42)14-11-23-21-8-7-19-15-20(9-12-30(19,4)22(21)10-13-31(23,32)5)35-43-17-25(36)34-27(18(2)3)28(39)33-24(29(40)41)16-26(37)38/h1,15,18,21-24,27,42H,7-14,16-17H2,2-5H3,(H,33,39)(H,34,36)(H,37,38)(H,40,41)/b35-20+/t21-,22-,23-,24+,27-,30+,31+,32-/m1/s1. The molecule has 2 amide bonds. The van der Waals surface area contributed by atoms with E-state index in [0.717, 1.165) is 44.2 Å². The van der Waals surface area contributed by atoms with E-state index >= 15 is 0 Å². The molecule has 8 atom stereocenters. The first-order chi connectivity index (χ1) is 20.1. The van der Waals surface area contributed by atoms with Gasteiger partial charge in [-0.1, -0.05) is 44.3 Å². The van der Waals surface area contributed by atoms with E-state index in [1.54, 1.807) is 13.8 Å². The molecule has 11 nitrogen and oxygen atoms in total. The van der Waals surface area contributed by atoms with Crippen LogP contribution in [0.3, 0.4) is 0 Å². The molecular weight excluding hydrogens is 554 g/mol. The third kappa shape index (κ3) is 6.17. The number of nitrogens with one attached hydrogen (secondary N) is 2. The first kappa shape index (κ1) is 32.5. The molecule has 3 fully saturated rings. The van der Waals surface area contributed by atoms with Crippen LogP contribution in [-0.4, -0.2) is 69.1 Å². The van der Waals surface area contributed by atoms with Crippen molar-refractivity contribution in [2.45, 2.75) is 103 Å². The summed E-state index contributed by atoms with van der Waals surface area (Å²) in [7, 11) is 0. The van der Waals surface area contributed by atoms with Gasteiger partial charge in [0.1, 0.15) is 17.7 Å². The van der Waals surface area contributed by atoms with Crippen molar-refractivity contribution in [3.05, 3.63) is 11.6 Å². The molecule has 3 saturated carbocycles. The monoisotopic (exact) mass is 599 g/mol. The smallest absolute Gasteiger partial charge is 0.326 e. The second-order valence-corrected chi connectivity index (χ2v) is 13.6. The first-order valence-electron chi connectivity index (χ1n) is 15.3. The summed E-state index contributed by atoms with van der Waals surface area (Å²) < 4.78 is 0. The number of nitrogens with zero attached hydrogens (tertiary/aromatic N) is 1. The van der Waals surface area contributed by atoms with Gasteiger partial charge < -0.3 is 30.8 Å². The van der Waals surface area contributed by atoms with E-state index in [0.29, 0.717) is 30.6 Å². The number of rotatable bonds is 10. The van der Waals surface area contributed by atoms with Crippen molar-refractivity contribution >= 4 is 29.5 Å². The van der Waals surface area contributed by atoms with Crippen LogP contribution in [-0.2, 0) is 24.0 Å². The molecule has 0 heterocycles. The number of allylic oxidation sites excluding steroid dienone is 2. The summed E-state index contributed by atoms with van der Waals surface area (Å²) in [5.41, 5.74) is 0.909. The van der Waals surface area contributed by atoms with Gasteiger partial charge in [0, 0.05) is 5.41 Å². The summed E-state index contributed by atoms with van der Waals surface area (Å²) in [6, 6.07) is -2.70. The Morgan fingerprint density at radius 3 is 2.40 bits per heavy atom. The highest BCUT2D eigenvalue weighted by Crippen LogP contribution is 2.67. The summed E-state index contributed by atoms with van der Waals surface area (Å²) in [6.07, 6.45) is 14.4. The van der Waals surface area contributed by atoms with Crippen molar-refractivity contribution in [3.63, 3.8) is 0 Å². The van der Waals surface area contributed by atoms with E-state index in [-0.39, 0.29) is 10.8 Å². The molecule has 0 aliphatic heterocycles. The highest BCUT2D eigenvalue weighted by atomic mass is 16.6. The minimum absolute atomic E-state index is 0.0454. The lowest BCUT2D eigenvalue weighted by Gasteiger charge is -2.58. The lowest BCUT2D eigenvalue weighted by Crippen LogP contribution is -2.54. The van der Waals surface area contributed by atoms with Gasteiger partial charge in [-0.25, -0.2) is 4.79 Å². The second-order valence-electron chi connectivity index (χ2n) is 13.6. The average molecular weight is 600 g/mol. The predicted molar refractivity (Wildman–Crippen MR) is 157 cm³/mol. The van der Waals surface area contributed by atoms with E-state index in [9.17, 15) is 29.4 Å². The van der Waals surface area contributed by atoms with Crippen molar-refractivity contribution in [1.82, 2.24) is 10.6 Å². The average Bonchev–Trinajstić information content (AvgIpc) is 3.21. The second kappa shape index (κ2) is 12.3. The normalized spacial score (nSPS) is 35.3. The molecule has 5 N–H and O–H groups in total. The van der Waals surface area contributed by atoms with Crippen molar-refractivity contribution in [2.24, 2.45) is 39.7 Å². The van der Waals surface area contributed by atoms with Crippen LogP contribution in [0.25, 0.3) is 0 Å². The Balaban J connectivity index is 1.35. The highest BCUT2D eigenvalue weighted by molar-refractivity contribution is 5.96. The number of carbonyl (C=O) groups is 4. The molecule has 0 radical (unpaired) electrons. The summed E-state index contributed by atoms with van der Waals surface area (Å²) >= 11 is 0. The van der Waals surface area contributed by atoms with E-state index < -0.39 is 60.4 Å². The van der Waals surface area contributed by atoms with Crippen molar-refractivity contribution in [3.8, 4) is 12.3 Å². The number of hydrogen-bond acceptors (Lipinski definition) is 7. The van der Waals surface area contributed by atoms with Crippen molar-refractivity contribution in [2.75, 3.05) is 6.61 Å². The number of aliphatic hydroxyl groups is 1. The molecule has 0 spiro atoms. The molecule has 4 aliphatic carbocycles. The Bertz CT molecular complexity index is 1250. The molecule has 0 aromatic heterocycles. The molecule has 4 aliphatic rings. The quantitative estimate of drug-likeness (QED) is 0.188. The molecule has 0 unspecified atom stereocenters. The minimum Gasteiger partial charge on any atom is -0.481 e. The Morgan fingerprint density at radius 2 is 1.77 bits per heavy atom. The summed E-state index contributed by atoms with van der Waals surface area (Å²) in [4.78, 5) is 52.9. The van der Waals surface area contributed by atoms with Crippen molar-refractivity contribution < 1.29 is 39.3 Å². The highest BCUT2D eigenvalue weighted by Gasteiger charge is 2.63. The maximum absolute atomic E-state index is 12.6. The molecule has 0 aromatic carbocycles. The Morgan fingerprint density at radius 1 is 1.07 bits per heavy atom. The van der Waals surface area contributed by atoms with E-state index in [1.807, 2.05) is 0 Å². The van der Waals surface area contributed by atoms with Gasteiger partial charge in [-0.3, -0.25) is 14.4 Å². The third-order valence-electron chi connectivity index (χ3n) is 11.0. The molecule has 0 saturated heterocycles. The molecule has 0 aromatic rings. The zero-order valence-electron chi connectivity index (χ0n) is 25.5. The topological polar surface area (TPSA) is 175 Å². The van der Waals surface area contributed by atoms with Gasteiger partial charge in [-0.15, -0.1) is 6.42 Å². The number of carbonyl (C=O) groups excluding carboxylic acids is 2. The van der Waals surface area contributed by atoms with Gasteiger partial charge in [0.05, 0.1) is 12.1 Å². The Kier molecular flexibility index (Phi) is 9.31. The summed E-state index contributed by atoms with van der Waals surface area (Å²) in [5.74, 6) is -0.430. The predicted octanol–water partition coefficient (Wildman–Crippen LogP) is 2.87. The molecule has 236 valence electrons. The molecular formula is C32H45N3O8. The third-order valence-corrected chi connectivity index (χ3v) is 11.0. The van der Waals surface area contributed by atoms with Gasteiger partial charge in [0.2, 0.25) is 5.91 Å². The molecule has 11 heteroatoms. The number of aliphatic carboxylic acids is 2. The van der Waals surface area contributed by atoms with Gasteiger partial charge in [0.15, 0.2) is 6.61 Å². The van der Waals surface area contributed by atoms with E-state index in [1.165, 1.54) is 5.57 Å². The Hall–Kier alpha value is -3.39. The number of amides is 2. The number of oxime groups is 1. The fourth-order valence-corrected chi connectivity index (χ4v) is 8.46. The van der Waals surface area contributed by atoms with Gasteiger partial charge in [-0.2, -0.15) is 0 Å². The fourth-order valence-electron chi connectivity index (χ4n) is 8.46. The summed E-state index contributed by atoms with van der Waals surface area (Å²) in [6.45, 7) is 7.46. The number of hydrogen-bond donors (Lipinski definition) is 5. The number of terminal acetylenes is 1. The Labute approximate surface area is 252 Å². The van der Waals surface area contributed by atoms with Crippen LogP contribution in [0.4, 0.5) is 0 Å². The van der Waals surface area contributed by atoms with Crippen molar-refractivity contribution in [1.29, 1.82) is 0 Å². The maximum atomic E-state index is 12.6. The van der Waals surface area contributed by atoms with Crippen LogP contribution >= 0.6 is 0 Å². The van der Waals surface area contributed by atoms with Gasteiger partial charge in [0.25, 0.3) is 5.91 Å². The number of carboxylic acid groups (broad SMARTS) is 2. The summed E-state index contributed by atoms with van der Waals surface area (Å²) in [5, 5.41) is 38.3. The zero-order chi connectivity index (χ0) is 31.7. The molecule has 43 heavy (non-hydrogen) atoms. The van der Waals surface area contributed by atoms with Crippen LogP contribution in [0.2, 0.25) is 0 Å². The van der Waals surface area contributed by atoms with E-state index in [2.05, 4.69) is 41.6 Å². The van der Waals surface area contributed by atoms with Crippen LogP contribution in [0.15, 0.2) is 16.8 Å². The zero-order valence-corrected chi connectivity index (χ0v) is 25.5. The number of carboxylic acids is 2. The largest absolute Gasteiger partial charge is 0.481 e. The first-order valence-corrected chi connectivity index (χ1v) is 15.3. The fraction of sp³-hybridized carbons (Fsp3) is 0.719. The van der Waals surface area contributed by atoms with Gasteiger partial charge in [-0.05, 0) is 86.5 Å². The van der Waals surface area contributed by atoms with Crippen LogP contribution < -0.4 is 10.6 Å².